The number of methoxy groups -OCH3 is 1. The highest BCUT2D eigenvalue weighted by Crippen LogP contribution is 2.24. The minimum atomic E-state index is -0.0562. The zero-order chi connectivity index (χ0) is 19.9. The van der Waals surface area contributed by atoms with Gasteiger partial charge in [-0.2, -0.15) is 0 Å². The Balaban J connectivity index is 1.60. The summed E-state index contributed by atoms with van der Waals surface area (Å²) in [6, 6.07) is 14.1. The van der Waals surface area contributed by atoms with Crippen molar-refractivity contribution in [3.05, 3.63) is 64.1 Å². The van der Waals surface area contributed by atoms with E-state index in [-0.39, 0.29) is 5.91 Å². The van der Waals surface area contributed by atoms with E-state index in [0.717, 1.165) is 47.7 Å². The molecule has 0 aliphatic carbocycles. The van der Waals surface area contributed by atoms with Gasteiger partial charge in [-0.25, -0.2) is 0 Å². The molecule has 2 aromatic carbocycles. The zero-order valence-corrected chi connectivity index (χ0v) is 17.8. The van der Waals surface area contributed by atoms with Crippen molar-refractivity contribution in [3.8, 4) is 5.75 Å². The van der Waals surface area contributed by atoms with E-state index in [4.69, 9.17) is 9.47 Å². The molecular formula is C22H25BrN2O3. The highest BCUT2D eigenvalue weighted by molar-refractivity contribution is 9.10. The van der Waals surface area contributed by atoms with Crippen LogP contribution in [-0.4, -0.2) is 51.3 Å². The van der Waals surface area contributed by atoms with Crippen LogP contribution in [-0.2, 0) is 16.1 Å². The fraction of sp³-hybridized carbons (Fsp3) is 0.318. The Morgan fingerprint density at radius 2 is 1.93 bits per heavy atom. The first-order valence-electron chi connectivity index (χ1n) is 9.25. The zero-order valence-electron chi connectivity index (χ0n) is 16.2. The van der Waals surface area contributed by atoms with Crippen molar-refractivity contribution < 1.29 is 14.3 Å². The Bertz CT molecular complexity index is 830. The van der Waals surface area contributed by atoms with Gasteiger partial charge in [-0.1, -0.05) is 28.1 Å². The molecule has 6 heteroatoms. The number of carbonyl (C=O) groups is 1. The molecule has 1 heterocycles. The van der Waals surface area contributed by atoms with Gasteiger partial charge >= 0.3 is 0 Å². The van der Waals surface area contributed by atoms with Crippen molar-refractivity contribution in [3.63, 3.8) is 0 Å². The van der Waals surface area contributed by atoms with Crippen molar-refractivity contribution in [1.29, 1.82) is 0 Å². The minimum Gasteiger partial charge on any atom is -0.496 e. The Labute approximate surface area is 174 Å². The smallest absolute Gasteiger partial charge is 0.246 e. The molecule has 1 amide bonds. The number of amides is 1. The lowest BCUT2D eigenvalue weighted by Gasteiger charge is -2.29. The summed E-state index contributed by atoms with van der Waals surface area (Å²) in [5.74, 6) is 0.674. The molecule has 1 aliphatic heterocycles. The second-order valence-corrected chi connectivity index (χ2v) is 7.60. The van der Waals surface area contributed by atoms with Crippen LogP contribution >= 0.6 is 15.9 Å². The second-order valence-electron chi connectivity index (χ2n) is 6.68. The van der Waals surface area contributed by atoms with Crippen molar-refractivity contribution in [2.24, 2.45) is 0 Å². The molecule has 0 bridgehead atoms. The lowest BCUT2D eigenvalue weighted by molar-refractivity contribution is -0.125. The first-order chi connectivity index (χ1) is 13.6. The summed E-state index contributed by atoms with van der Waals surface area (Å²) in [6.07, 6.45) is 3.36. The predicted molar refractivity (Wildman–Crippen MR) is 116 cm³/mol. The minimum absolute atomic E-state index is 0.0562. The molecule has 0 aromatic heterocycles. The standard InChI is InChI=1S/C22H25BrN2O3/c1-24(22(26)10-5-18-15-19(23)6-9-21(18)27-2)16-17-3-7-20(8-4-17)25-11-13-28-14-12-25/h3-10,15H,11-14,16H2,1-2H3/b10-5+. The van der Waals surface area contributed by atoms with Crippen LogP contribution in [0.1, 0.15) is 11.1 Å². The van der Waals surface area contributed by atoms with Gasteiger partial charge in [0.1, 0.15) is 5.75 Å². The van der Waals surface area contributed by atoms with E-state index >= 15 is 0 Å². The average molecular weight is 445 g/mol. The van der Waals surface area contributed by atoms with E-state index in [9.17, 15) is 4.79 Å². The number of morpholine rings is 1. The van der Waals surface area contributed by atoms with Crippen LogP contribution in [0.2, 0.25) is 0 Å². The third kappa shape index (κ3) is 5.36. The van der Waals surface area contributed by atoms with Gasteiger partial charge in [0.2, 0.25) is 5.91 Å². The molecule has 0 saturated carbocycles. The maximum absolute atomic E-state index is 12.5. The van der Waals surface area contributed by atoms with Gasteiger partial charge in [0.15, 0.2) is 0 Å². The molecule has 148 valence electrons. The molecule has 1 fully saturated rings. The van der Waals surface area contributed by atoms with Gasteiger partial charge < -0.3 is 19.3 Å². The van der Waals surface area contributed by atoms with Crippen molar-refractivity contribution >= 4 is 33.6 Å². The number of halogens is 1. The van der Waals surface area contributed by atoms with Crippen LogP contribution in [0, 0.1) is 0 Å². The van der Waals surface area contributed by atoms with E-state index in [0.29, 0.717) is 6.54 Å². The van der Waals surface area contributed by atoms with Gasteiger partial charge in [-0.05, 0) is 42.0 Å². The topological polar surface area (TPSA) is 42.0 Å². The summed E-state index contributed by atoms with van der Waals surface area (Å²) in [7, 11) is 3.43. The maximum atomic E-state index is 12.5. The molecule has 2 aromatic rings. The quantitative estimate of drug-likeness (QED) is 0.632. The number of rotatable bonds is 6. The third-order valence-electron chi connectivity index (χ3n) is 4.71. The number of anilines is 1. The van der Waals surface area contributed by atoms with Crippen molar-refractivity contribution in [2.45, 2.75) is 6.54 Å². The molecule has 0 N–H and O–H groups in total. The SMILES string of the molecule is COc1ccc(Br)cc1/C=C/C(=O)N(C)Cc1ccc(N2CCOCC2)cc1. The summed E-state index contributed by atoms with van der Waals surface area (Å²) >= 11 is 3.45. The first kappa shape index (κ1) is 20.4. The fourth-order valence-corrected chi connectivity index (χ4v) is 3.49. The second kappa shape index (κ2) is 9.75. The Morgan fingerprint density at radius 3 is 2.61 bits per heavy atom. The van der Waals surface area contributed by atoms with Gasteiger partial charge in [0, 0.05) is 48.5 Å². The van der Waals surface area contributed by atoms with Gasteiger partial charge in [0.05, 0.1) is 20.3 Å². The molecule has 5 nitrogen and oxygen atoms in total. The van der Waals surface area contributed by atoms with E-state index in [1.165, 1.54) is 5.69 Å². The Kier molecular flexibility index (Phi) is 7.12. The lowest BCUT2D eigenvalue weighted by Crippen LogP contribution is -2.36. The van der Waals surface area contributed by atoms with E-state index in [1.54, 1.807) is 31.2 Å². The summed E-state index contributed by atoms with van der Waals surface area (Å²) < 4.78 is 11.7. The Morgan fingerprint density at radius 1 is 1.21 bits per heavy atom. The average Bonchev–Trinajstić information content (AvgIpc) is 2.73. The summed E-state index contributed by atoms with van der Waals surface area (Å²) in [4.78, 5) is 16.5. The lowest BCUT2D eigenvalue weighted by atomic mass is 10.1. The van der Waals surface area contributed by atoms with Crippen LogP contribution in [0.25, 0.3) is 6.08 Å². The third-order valence-corrected chi connectivity index (χ3v) is 5.20. The molecule has 28 heavy (non-hydrogen) atoms. The molecule has 0 unspecified atom stereocenters. The van der Waals surface area contributed by atoms with E-state index in [1.807, 2.05) is 18.2 Å². The molecule has 0 atom stereocenters. The Hall–Kier alpha value is -2.31. The maximum Gasteiger partial charge on any atom is 0.246 e. The number of hydrogen-bond donors (Lipinski definition) is 0. The van der Waals surface area contributed by atoms with E-state index in [2.05, 4.69) is 45.1 Å². The monoisotopic (exact) mass is 444 g/mol. The van der Waals surface area contributed by atoms with Crippen molar-refractivity contribution in [1.82, 2.24) is 4.90 Å². The van der Waals surface area contributed by atoms with Crippen LogP contribution < -0.4 is 9.64 Å². The van der Waals surface area contributed by atoms with Crippen LogP contribution in [0.15, 0.2) is 53.0 Å². The number of likely N-dealkylation sites (N-methyl/N-ethyl adjacent to an activating group) is 1. The summed E-state index contributed by atoms with van der Waals surface area (Å²) in [5, 5.41) is 0. The molecule has 1 saturated heterocycles. The van der Waals surface area contributed by atoms with Gasteiger partial charge in [-0.15, -0.1) is 0 Å². The van der Waals surface area contributed by atoms with Gasteiger partial charge in [0.25, 0.3) is 0 Å². The number of nitrogens with zero attached hydrogens (tertiary/aromatic N) is 2. The molecule has 0 spiro atoms. The van der Waals surface area contributed by atoms with Crippen LogP contribution in [0.4, 0.5) is 5.69 Å². The van der Waals surface area contributed by atoms with Gasteiger partial charge in [-0.3, -0.25) is 4.79 Å². The number of hydrogen-bond acceptors (Lipinski definition) is 4. The molecular weight excluding hydrogens is 420 g/mol. The molecule has 1 aliphatic rings. The molecule has 0 radical (unpaired) electrons. The fourth-order valence-electron chi connectivity index (χ4n) is 3.11. The number of ether oxygens (including phenoxy) is 2. The highest BCUT2D eigenvalue weighted by atomic mass is 79.9. The summed E-state index contributed by atoms with van der Waals surface area (Å²) in [5.41, 5.74) is 3.15. The molecule has 3 rings (SSSR count). The van der Waals surface area contributed by atoms with Crippen molar-refractivity contribution in [2.75, 3.05) is 45.4 Å². The number of benzene rings is 2. The number of carbonyl (C=O) groups excluding carboxylic acids is 1. The largest absolute Gasteiger partial charge is 0.496 e. The van der Waals surface area contributed by atoms with Crippen LogP contribution in [0.3, 0.4) is 0 Å². The van der Waals surface area contributed by atoms with E-state index < -0.39 is 0 Å². The normalized spacial score (nSPS) is 14.3. The first-order valence-corrected chi connectivity index (χ1v) is 10.0. The summed E-state index contributed by atoms with van der Waals surface area (Å²) in [6.45, 7) is 3.94. The highest BCUT2D eigenvalue weighted by Gasteiger charge is 2.12. The van der Waals surface area contributed by atoms with Crippen LogP contribution in [0.5, 0.6) is 5.75 Å². The predicted octanol–water partition coefficient (Wildman–Crippen LogP) is 3.97.